The third kappa shape index (κ3) is 4.87. The van der Waals surface area contributed by atoms with Gasteiger partial charge in [-0.1, -0.05) is 35.7 Å². The Morgan fingerprint density at radius 3 is 2.55 bits per heavy atom. The highest BCUT2D eigenvalue weighted by Crippen LogP contribution is 2.36. The van der Waals surface area contributed by atoms with E-state index in [4.69, 9.17) is 27.9 Å². The van der Waals surface area contributed by atoms with Gasteiger partial charge in [0.15, 0.2) is 0 Å². The van der Waals surface area contributed by atoms with Crippen LogP contribution in [0.2, 0.25) is 10.0 Å². The summed E-state index contributed by atoms with van der Waals surface area (Å²) in [6, 6.07) is 4.13. The zero-order valence-electron chi connectivity index (χ0n) is 16.8. The van der Waals surface area contributed by atoms with Gasteiger partial charge in [0.1, 0.15) is 0 Å². The first kappa shape index (κ1) is 21.9. The molecule has 0 saturated carbocycles. The van der Waals surface area contributed by atoms with Crippen LogP contribution < -0.4 is 5.32 Å². The fourth-order valence-electron chi connectivity index (χ4n) is 3.96. The molecule has 1 N–H and O–H groups in total. The number of likely N-dealkylation sites (N-methyl/N-ethyl adjacent to an activating group) is 1. The second-order valence-electron chi connectivity index (χ2n) is 7.21. The largest absolute Gasteiger partial charge is 0.463 e. The number of carbonyl (C=O) groups is 2. The van der Waals surface area contributed by atoms with Crippen molar-refractivity contribution in [3.63, 3.8) is 0 Å². The number of likely N-dealkylation sites (tertiary alicyclic amines) is 1. The fraction of sp³-hybridized carbons (Fsp3) is 0.524. The van der Waals surface area contributed by atoms with Crippen molar-refractivity contribution in [2.45, 2.75) is 39.2 Å². The molecule has 0 bridgehead atoms. The summed E-state index contributed by atoms with van der Waals surface area (Å²) in [6.45, 7) is 6.80. The molecule has 3 rings (SSSR count). The Labute approximate surface area is 181 Å². The monoisotopic (exact) mass is 439 g/mol. The van der Waals surface area contributed by atoms with Gasteiger partial charge in [-0.3, -0.25) is 9.80 Å². The number of rotatable bonds is 6. The van der Waals surface area contributed by atoms with Gasteiger partial charge in [0.2, 0.25) is 0 Å². The molecule has 0 aromatic heterocycles. The highest BCUT2D eigenvalue weighted by atomic mass is 35.5. The summed E-state index contributed by atoms with van der Waals surface area (Å²) in [5, 5.41) is 3.82. The molecule has 0 aliphatic carbocycles. The quantitative estimate of drug-likeness (QED) is 0.667. The van der Waals surface area contributed by atoms with Crippen molar-refractivity contribution in [1.29, 1.82) is 0 Å². The summed E-state index contributed by atoms with van der Waals surface area (Å²) >= 11 is 12.5. The number of nitrogens with one attached hydrogen (secondary N) is 1. The number of piperidine rings is 1. The van der Waals surface area contributed by atoms with Crippen molar-refractivity contribution < 1.29 is 14.3 Å². The van der Waals surface area contributed by atoms with Crippen molar-refractivity contribution in [2.75, 3.05) is 32.8 Å². The first-order valence-electron chi connectivity index (χ1n) is 10.1. The number of carbonyl (C=O) groups excluding carboxylic acids is 2. The van der Waals surface area contributed by atoms with E-state index >= 15 is 0 Å². The fourth-order valence-corrected chi connectivity index (χ4v) is 4.47. The number of amides is 2. The van der Waals surface area contributed by atoms with Gasteiger partial charge in [-0.15, -0.1) is 0 Å². The maximum absolute atomic E-state index is 13.0. The van der Waals surface area contributed by atoms with E-state index in [2.05, 4.69) is 10.2 Å². The second-order valence-corrected chi connectivity index (χ2v) is 8.05. The molecule has 1 atom stereocenters. The minimum absolute atomic E-state index is 0.247. The van der Waals surface area contributed by atoms with E-state index in [-0.39, 0.29) is 12.6 Å². The minimum atomic E-state index is -0.686. The van der Waals surface area contributed by atoms with Crippen molar-refractivity contribution in [3.05, 3.63) is 45.1 Å². The van der Waals surface area contributed by atoms with Gasteiger partial charge in [0, 0.05) is 28.8 Å². The van der Waals surface area contributed by atoms with Gasteiger partial charge in [-0.2, -0.15) is 0 Å². The normalized spacial score (nSPS) is 20.6. The maximum Gasteiger partial charge on any atom is 0.338 e. The van der Waals surface area contributed by atoms with Crippen LogP contribution in [0.1, 0.15) is 44.7 Å². The Morgan fingerprint density at radius 2 is 1.93 bits per heavy atom. The average Bonchev–Trinajstić information content (AvgIpc) is 2.69. The van der Waals surface area contributed by atoms with Crippen LogP contribution in [0.15, 0.2) is 29.5 Å². The Hall–Kier alpha value is -1.76. The number of hydrogen-bond acceptors (Lipinski definition) is 4. The van der Waals surface area contributed by atoms with Crippen molar-refractivity contribution >= 4 is 35.2 Å². The molecule has 1 aromatic rings. The number of benzene rings is 1. The van der Waals surface area contributed by atoms with Gasteiger partial charge < -0.3 is 10.1 Å². The number of urea groups is 1. The molecule has 2 heterocycles. The van der Waals surface area contributed by atoms with Gasteiger partial charge in [-0.05, 0) is 57.5 Å². The van der Waals surface area contributed by atoms with E-state index in [1.807, 2.05) is 6.92 Å². The highest BCUT2D eigenvalue weighted by Gasteiger charge is 2.39. The molecule has 158 valence electrons. The van der Waals surface area contributed by atoms with Crippen LogP contribution in [-0.4, -0.2) is 54.6 Å². The number of hydrogen-bond donors (Lipinski definition) is 1. The van der Waals surface area contributed by atoms with Crippen LogP contribution in [0.4, 0.5) is 4.79 Å². The molecule has 6 nitrogen and oxygen atoms in total. The zero-order valence-corrected chi connectivity index (χ0v) is 18.4. The van der Waals surface area contributed by atoms with Gasteiger partial charge in [-0.25, -0.2) is 9.59 Å². The summed E-state index contributed by atoms with van der Waals surface area (Å²) in [6.07, 6.45) is 3.45. The standard InChI is InChI=1S/C21H27Cl2N3O3/c1-3-26-17(13-25-10-6-5-7-11-25)18(20(27)29-4-2)19(24-21(26)28)15-9-8-14(22)12-16(15)23/h8-9,12,19H,3-7,10-11,13H2,1-2H3,(H,24,28)/t19-/m1/s1. The molecule has 1 fully saturated rings. The summed E-state index contributed by atoms with van der Waals surface area (Å²) in [4.78, 5) is 29.9. The van der Waals surface area contributed by atoms with Crippen molar-refractivity contribution in [1.82, 2.24) is 15.1 Å². The first-order valence-corrected chi connectivity index (χ1v) is 10.9. The minimum Gasteiger partial charge on any atom is -0.463 e. The lowest BCUT2D eigenvalue weighted by Gasteiger charge is -2.39. The van der Waals surface area contributed by atoms with Gasteiger partial charge >= 0.3 is 12.0 Å². The van der Waals surface area contributed by atoms with Crippen LogP contribution in [0, 0.1) is 0 Å². The van der Waals surface area contributed by atoms with E-state index < -0.39 is 12.0 Å². The molecular weight excluding hydrogens is 413 g/mol. The Kier molecular flexibility index (Phi) is 7.44. The van der Waals surface area contributed by atoms with Gasteiger partial charge in [0.25, 0.3) is 0 Å². The molecule has 29 heavy (non-hydrogen) atoms. The van der Waals surface area contributed by atoms with E-state index in [1.165, 1.54) is 6.42 Å². The predicted molar refractivity (Wildman–Crippen MR) is 114 cm³/mol. The molecule has 2 amide bonds. The number of nitrogens with zero attached hydrogens (tertiary/aromatic N) is 2. The molecule has 0 spiro atoms. The van der Waals surface area contributed by atoms with Crippen LogP contribution in [-0.2, 0) is 9.53 Å². The van der Waals surface area contributed by atoms with Crippen molar-refractivity contribution in [3.8, 4) is 0 Å². The van der Waals surface area contributed by atoms with E-state index in [1.54, 1.807) is 30.0 Å². The third-order valence-corrected chi connectivity index (χ3v) is 5.91. The van der Waals surface area contributed by atoms with E-state index in [9.17, 15) is 9.59 Å². The lowest BCUT2D eigenvalue weighted by atomic mass is 9.93. The number of esters is 1. The summed E-state index contributed by atoms with van der Waals surface area (Å²) in [7, 11) is 0. The molecule has 1 saturated heterocycles. The molecule has 8 heteroatoms. The summed E-state index contributed by atoms with van der Waals surface area (Å²) in [5.41, 5.74) is 1.75. The van der Waals surface area contributed by atoms with Crippen LogP contribution in [0.3, 0.4) is 0 Å². The van der Waals surface area contributed by atoms with Crippen LogP contribution in [0.25, 0.3) is 0 Å². The van der Waals surface area contributed by atoms with E-state index in [0.29, 0.717) is 40.0 Å². The molecule has 0 radical (unpaired) electrons. The maximum atomic E-state index is 13.0. The van der Waals surface area contributed by atoms with E-state index in [0.717, 1.165) is 25.9 Å². The first-order chi connectivity index (χ1) is 14.0. The zero-order chi connectivity index (χ0) is 21.0. The predicted octanol–water partition coefficient (Wildman–Crippen LogP) is 4.38. The second kappa shape index (κ2) is 9.83. The lowest BCUT2D eigenvalue weighted by molar-refractivity contribution is -0.139. The summed E-state index contributed by atoms with van der Waals surface area (Å²) in [5.74, 6) is -0.436. The molecule has 0 unspecified atom stereocenters. The highest BCUT2D eigenvalue weighted by molar-refractivity contribution is 6.35. The lowest BCUT2D eigenvalue weighted by Crippen LogP contribution is -2.51. The van der Waals surface area contributed by atoms with Crippen LogP contribution >= 0.6 is 23.2 Å². The molecular formula is C21H27Cl2N3O3. The number of ether oxygens (including phenoxy) is 1. The topological polar surface area (TPSA) is 61.9 Å². The Bertz CT molecular complexity index is 806. The molecule has 2 aliphatic rings. The average molecular weight is 440 g/mol. The number of halogens is 2. The third-order valence-electron chi connectivity index (χ3n) is 5.35. The Morgan fingerprint density at radius 1 is 1.21 bits per heavy atom. The van der Waals surface area contributed by atoms with Crippen molar-refractivity contribution in [2.24, 2.45) is 0 Å². The smallest absolute Gasteiger partial charge is 0.338 e. The SMILES string of the molecule is CCOC(=O)C1=C(CN2CCCCC2)N(CC)C(=O)N[C@@H]1c1ccc(Cl)cc1Cl. The molecule has 1 aromatic carbocycles. The van der Waals surface area contributed by atoms with Crippen LogP contribution in [0.5, 0.6) is 0 Å². The molecule has 2 aliphatic heterocycles. The Balaban J connectivity index is 2.11. The van der Waals surface area contributed by atoms with Gasteiger partial charge in [0.05, 0.1) is 18.2 Å². The summed E-state index contributed by atoms with van der Waals surface area (Å²) < 4.78 is 5.38.